The van der Waals surface area contributed by atoms with Crippen LogP contribution in [-0.2, 0) is 0 Å². The Bertz CT molecular complexity index is 476. The van der Waals surface area contributed by atoms with Gasteiger partial charge in [-0.25, -0.2) is 4.79 Å². The van der Waals surface area contributed by atoms with E-state index in [1.54, 1.807) is 29.2 Å². The molecule has 0 aliphatic heterocycles. The van der Waals surface area contributed by atoms with Crippen molar-refractivity contribution in [3.63, 3.8) is 0 Å². The predicted molar refractivity (Wildman–Crippen MR) is 80.1 cm³/mol. The molecule has 2 amide bonds. The van der Waals surface area contributed by atoms with Gasteiger partial charge in [0, 0.05) is 24.3 Å². The van der Waals surface area contributed by atoms with Crippen molar-refractivity contribution in [3.8, 4) is 0 Å². The fourth-order valence-corrected chi connectivity index (χ4v) is 2.63. The molecule has 1 aromatic rings. The van der Waals surface area contributed by atoms with Crippen molar-refractivity contribution < 1.29 is 9.59 Å². The number of urea groups is 1. The molecule has 4 heteroatoms. The van der Waals surface area contributed by atoms with Gasteiger partial charge in [-0.1, -0.05) is 19.3 Å². The molecule has 1 aromatic carbocycles. The second-order valence-electron chi connectivity index (χ2n) is 5.47. The SMILES string of the molecule is CC(=O)c1ccc(NC(=O)N(C)C2CCCCC2)cc1. The van der Waals surface area contributed by atoms with Gasteiger partial charge in [0.2, 0.25) is 0 Å². The minimum atomic E-state index is -0.0764. The highest BCUT2D eigenvalue weighted by molar-refractivity contribution is 5.95. The van der Waals surface area contributed by atoms with E-state index in [-0.39, 0.29) is 11.8 Å². The number of Topliss-reactive ketones (excluding diaryl/α,β-unsaturated/α-hetero) is 1. The van der Waals surface area contributed by atoms with E-state index in [0.717, 1.165) is 18.5 Å². The predicted octanol–water partition coefficient (Wildman–Crippen LogP) is 3.69. The number of rotatable bonds is 3. The highest BCUT2D eigenvalue weighted by atomic mass is 16.2. The molecule has 0 radical (unpaired) electrons. The molecule has 0 spiro atoms. The molecule has 0 heterocycles. The van der Waals surface area contributed by atoms with Gasteiger partial charge in [-0.05, 0) is 44.0 Å². The third-order valence-electron chi connectivity index (χ3n) is 3.99. The topological polar surface area (TPSA) is 49.4 Å². The van der Waals surface area contributed by atoms with E-state index < -0.39 is 0 Å². The monoisotopic (exact) mass is 274 g/mol. The first-order valence-electron chi connectivity index (χ1n) is 7.23. The van der Waals surface area contributed by atoms with Crippen LogP contribution in [0.1, 0.15) is 49.4 Å². The number of carbonyl (C=O) groups is 2. The van der Waals surface area contributed by atoms with E-state index in [1.807, 2.05) is 7.05 Å². The fourth-order valence-electron chi connectivity index (χ4n) is 2.63. The quantitative estimate of drug-likeness (QED) is 0.855. The molecule has 0 bridgehead atoms. The largest absolute Gasteiger partial charge is 0.325 e. The average Bonchev–Trinajstić information content (AvgIpc) is 2.48. The Kier molecular flexibility index (Phi) is 4.77. The molecule has 1 saturated carbocycles. The molecule has 1 aliphatic rings. The number of hydrogen-bond acceptors (Lipinski definition) is 2. The molecule has 0 unspecified atom stereocenters. The Hall–Kier alpha value is -1.84. The maximum atomic E-state index is 12.2. The van der Waals surface area contributed by atoms with Crippen molar-refractivity contribution in [1.82, 2.24) is 4.90 Å². The van der Waals surface area contributed by atoms with E-state index in [1.165, 1.54) is 26.2 Å². The Labute approximate surface area is 120 Å². The van der Waals surface area contributed by atoms with Crippen LogP contribution in [0, 0.1) is 0 Å². The van der Waals surface area contributed by atoms with E-state index in [0.29, 0.717) is 11.6 Å². The van der Waals surface area contributed by atoms with Gasteiger partial charge in [0.1, 0.15) is 0 Å². The van der Waals surface area contributed by atoms with Gasteiger partial charge in [0.25, 0.3) is 0 Å². The maximum absolute atomic E-state index is 12.2. The second-order valence-corrected chi connectivity index (χ2v) is 5.47. The van der Waals surface area contributed by atoms with Gasteiger partial charge in [0.05, 0.1) is 0 Å². The van der Waals surface area contributed by atoms with E-state index in [2.05, 4.69) is 5.32 Å². The number of amides is 2. The smallest absolute Gasteiger partial charge is 0.321 e. The van der Waals surface area contributed by atoms with Crippen LogP contribution in [0.3, 0.4) is 0 Å². The van der Waals surface area contributed by atoms with Crippen LogP contribution in [0.4, 0.5) is 10.5 Å². The van der Waals surface area contributed by atoms with E-state index >= 15 is 0 Å². The highest BCUT2D eigenvalue weighted by Crippen LogP contribution is 2.22. The zero-order valence-electron chi connectivity index (χ0n) is 12.2. The lowest BCUT2D eigenvalue weighted by atomic mass is 9.95. The Morgan fingerprint density at radius 3 is 2.25 bits per heavy atom. The average molecular weight is 274 g/mol. The summed E-state index contributed by atoms with van der Waals surface area (Å²) in [6, 6.07) is 7.27. The summed E-state index contributed by atoms with van der Waals surface area (Å²) in [6.45, 7) is 1.53. The zero-order valence-corrected chi connectivity index (χ0v) is 12.2. The Morgan fingerprint density at radius 2 is 1.70 bits per heavy atom. The van der Waals surface area contributed by atoms with E-state index in [9.17, 15) is 9.59 Å². The molecule has 0 saturated heterocycles. The van der Waals surface area contributed by atoms with Gasteiger partial charge in [-0.2, -0.15) is 0 Å². The minimum absolute atomic E-state index is 0.0298. The zero-order chi connectivity index (χ0) is 14.5. The Morgan fingerprint density at radius 1 is 1.10 bits per heavy atom. The van der Waals surface area contributed by atoms with Crippen LogP contribution in [0.15, 0.2) is 24.3 Å². The number of nitrogens with zero attached hydrogens (tertiary/aromatic N) is 1. The first-order chi connectivity index (χ1) is 9.58. The van der Waals surface area contributed by atoms with Crippen LogP contribution in [-0.4, -0.2) is 29.8 Å². The lowest BCUT2D eigenvalue weighted by Crippen LogP contribution is -2.40. The van der Waals surface area contributed by atoms with Crippen LogP contribution in [0.2, 0.25) is 0 Å². The molecule has 1 fully saturated rings. The third kappa shape index (κ3) is 3.59. The number of hydrogen-bond donors (Lipinski definition) is 1. The normalized spacial score (nSPS) is 15.7. The molecule has 0 aromatic heterocycles. The van der Waals surface area contributed by atoms with Crippen molar-refractivity contribution >= 4 is 17.5 Å². The summed E-state index contributed by atoms with van der Waals surface area (Å²) in [5.74, 6) is 0.0298. The summed E-state index contributed by atoms with van der Waals surface area (Å²) in [6.07, 6.45) is 5.87. The van der Waals surface area contributed by atoms with Crippen molar-refractivity contribution in [2.24, 2.45) is 0 Å². The standard InChI is InChI=1S/C16H22N2O2/c1-12(19)13-8-10-14(11-9-13)17-16(20)18(2)15-6-4-3-5-7-15/h8-11,15H,3-7H2,1-2H3,(H,17,20). The van der Waals surface area contributed by atoms with E-state index in [4.69, 9.17) is 0 Å². The summed E-state index contributed by atoms with van der Waals surface area (Å²) >= 11 is 0. The van der Waals surface area contributed by atoms with Gasteiger partial charge in [-0.3, -0.25) is 4.79 Å². The van der Waals surface area contributed by atoms with Crippen molar-refractivity contribution in [3.05, 3.63) is 29.8 Å². The summed E-state index contributed by atoms with van der Waals surface area (Å²) in [7, 11) is 1.86. The first-order valence-corrected chi connectivity index (χ1v) is 7.23. The molecule has 108 valence electrons. The number of carbonyl (C=O) groups excluding carboxylic acids is 2. The van der Waals surface area contributed by atoms with Crippen LogP contribution in [0.25, 0.3) is 0 Å². The number of nitrogens with one attached hydrogen (secondary N) is 1. The molecule has 4 nitrogen and oxygen atoms in total. The molecule has 2 rings (SSSR count). The third-order valence-corrected chi connectivity index (χ3v) is 3.99. The van der Waals surface area contributed by atoms with Crippen LogP contribution in [0.5, 0.6) is 0 Å². The highest BCUT2D eigenvalue weighted by Gasteiger charge is 2.21. The van der Waals surface area contributed by atoms with Crippen LogP contribution >= 0.6 is 0 Å². The van der Waals surface area contributed by atoms with Crippen LogP contribution < -0.4 is 5.32 Å². The first kappa shape index (κ1) is 14.6. The summed E-state index contributed by atoms with van der Waals surface area (Å²) < 4.78 is 0. The van der Waals surface area contributed by atoms with Gasteiger partial charge in [-0.15, -0.1) is 0 Å². The minimum Gasteiger partial charge on any atom is -0.325 e. The maximum Gasteiger partial charge on any atom is 0.321 e. The molecule has 1 N–H and O–H groups in total. The summed E-state index contributed by atoms with van der Waals surface area (Å²) in [5, 5.41) is 2.88. The lowest BCUT2D eigenvalue weighted by molar-refractivity contribution is 0.101. The molecular weight excluding hydrogens is 252 g/mol. The number of benzene rings is 1. The van der Waals surface area contributed by atoms with Crippen molar-refractivity contribution in [1.29, 1.82) is 0 Å². The van der Waals surface area contributed by atoms with Crippen molar-refractivity contribution in [2.45, 2.75) is 45.1 Å². The fraction of sp³-hybridized carbons (Fsp3) is 0.500. The summed E-state index contributed by atoms with van der Waals surface area (Å²) in [5.41, 5.74) is 1.38. The molecular formula is C16H22N2O2. The second kappa shape index (κ2) is 6.55. The molecule has 20 heavy (non-hydrogen) atoms. The lowest BCUT2D eigenvalue weighted by Gasteiger charge is -2.31. The van der Waals surface area contributed by atoms with Gasteiger partial charge >= 0.3 is 6.03 Å². The van der Waals surface area contributed by atoms with Gasteiger partial charge < -0.3 is 10.2 Å². The number of ketones is 1. The molecule has 1 aliphatic carbocycles. The molecule has 0 atom stereocenters. The number of anilines is 1. The van der Waals surface area contributed by atoms with Gasteiger partial charge in [0.15, 0.2) is 5.78 Å². The van der Waals surface area contributed by atoms with Crippen molar-refractivity contribution in [2.75, 3.05) is 12.4 Å². The summed E-state index contributed by atoms with van der Waals surface area (Å²) in [4.78, 5) is 25.2. The Balaban J connectivity index is 1.94.